The molecule has 1 aromatic carbocycles. The molecule has 0 unspecified atom stereocenters. The number of rotatable bonds is 3. The van der Waals surface area contributed by atoms with Gasteiger partial charge in [0.05, 0.1) is 15.7 Å². The topological polar surface area (TPSA) is 91.8 Å². The normalized spacial score (nSPS) is 10.9. The maximum Gasteiger partial charge on any atom is 0.359 e. The molecule has 18 heavy (non-hydrogen) atoms. The summed E-state index contributed by atoms with van der Waals surface area (Å²) in [6.45, 7) is 0. The largest absolute Gasteiger partial charge is 0.476 e. The van der Waals surface area contributed by atoms with E-state index in [1.807, 2.05) is 18.2 Å². The van der Waals surface area contributed by atoms with Gasteiger partial charge in [0.2, 0.25) is 5.69 Å². The van der Waals surface area contributed by atoms with Gasteiger partial charge in [-0.05, 0) is 18.2 Å². The van der Waals surface area contributed by atoms with Crippen molar-refractivity contribution < 1.29 is 9.90 Å². The summed E-state index contributed by atoms with van der Waals surface area (Å²) in [6, 6.07) is 5.74. The SMILES string of the molecule is O=C(O)c1n[nH]nc1Sc1ccc2ncsc2c1. The first-order valence-corrected chi connectivity index (χ1v) is 6.59. The van der Waals surface area contributed by atoms with E-state index in [1.54, 1.807) is 5.51 Å². The Morgan fingerprint density at radius 2 is 2.28 bits per heavy atom. The highest BCUT2D eigenvalue weighted by Crippen LogP contribution is 2.31. The van der Waals surface area contributed by atoms with Crippen molar-refractivity contribution in [1.29, 1.82) is 0 Å². The number of nitrogens with zero attached hydrogens (tertiary/aromatic N) is 3. The number of aromatic nitrogens is 4. The van der Waals surface area contributed by atoms with Crippen molar-refractivity contribution in [3.63, 3.8) is 0 Å². The summed E-state index contributed by atoms with van der Waals surface area (Å²) in [5, 5.41) is 19.0. The first-order chi connectivity index (χ1) is 8.74. The van der Waals surface area contributed by atoms with Crippen LogP contribution in [0.5, 0.6) is 0 Å². The molecular weight excluding hydrogens is 272 g/mol. The summed E-state index contributed by atoms with van der Waals surface area (Å²) < 4.78 is 1.06. The Morgan fingerprint density at radius 3 is 3.11 bits per heavy atom. The molecule has 0 bridgehead atoms. The summed E-state index contributed by atoms with van der Waals surface area (Å²) in [5.41, 5.74) is 2.64. The van der Waals surface area contributed by atoms with Crippen LogP contribution in [0.1, 0.15) is 10.5 Å². The van der Waals surface area contributed by atoms with Crippen molar-refractivity contribution in [2.45, 2.75) is 9.92 Å². The van der Waals surface area contributed by atoms with E-state index in [0.717, 1.165) is 15.1 Å². The number of hydrogen-bond donors (Lipinski definition) is 2. The van der Waals surface area contributed by atoms with Crippen LogP contribution in [0.4, 0.5) is 0 Å². The molecule has 0 saturated carbocycles. The van der Waals surface area contributed by atoms with Gasteiger partial charge in [-0.3, -0.25) is 0 Å². The van der Waals surface area contributed by atoms with Gasteiger partial charge in [0, 0.05) is 4.90 Å². The summed E-state index contributed by atoms with van der Waals surface area (Å²) in [5.74, 6) is -1.09. The van der Waals surface area contributed by atoms with E-state index in [0.29, 0.717) is 5.03 Å². The molecule has 0 aliphatic carbocycles. The Kier molecular flexibility index (Phi) is 2.73. The minimum absolute atomic E-state index is 0.0654. The molecule has 0 aliphatic heterocycles. The maximum absolute atomic E-state index is 10.9. The third-order valence-corrected chi connectivity index (χ3v) is 4.00. The van der Waals surface area contributed by atoms with Gasteiger partial charge in [-0.1, -0.05) is 11.8 Å². The zero-order valence-electron chi connectivity index (χ0n) is 8.82. The highest BCUT2D eigenvalue weighted by atomic mass is 32.2. The molecule has 0 radical (unpaired) electrons. The average molecular weight is 278 g/mol. The molecule has 2 aromatic heterocycles. The molecule has 6 nitrogen and oxygen atoms in total. The number of benzene rings is 1. The van der Waals surface area contributed by atoms with Crippen LogP contribution in [0.3, 0.4) is 0 Å². The highest BCUT2D eigenvalue weighted by molar-refractivity contribution is 7.99. The predicted molar refractivity (Wildman–Crippen MR) is 67.1 cm³/mol. The van der Waals surface area contributed by atoms with Gasteiger partial charge in [-0.2, -0.15) is 5.21 Å². The van der Waals surface area contributed by atoms with Gasteiger partial charge < -0.3 is 5.11 Å². The van der Waals surface area contributed by atoms with Crippen LogP contribution in [0, 0.1) is 0 Å². The van der Waals surface area contributed by atoms with Crippen LogP contribution < -0.4 is 0 Å². The van der Waals surface area contributed by atoms with Crippen LogP contribution in [0.2, 0.25) is 0 Å². The molecule has 8 heteroatoms. The quantitative estimate of drug-likeness (QED) is 0.763. The monoisotopic (exact) mass is 278 g/mol. The van der Waals surface area contributed by atoms with Gasteiger partial charge in [-0.15, -0.1) is 21.5 Å². The number of fused-ring (bicyclic) bond motifs is 1. The number of nitrogens with one attached hydrogen (secondary N) is 1. The molecule has 3 aromatic rings. The van der Waals surface area contributed by atoms with Crippen LogP contribution >= 0.6 is 23.1 Å². The fourth-order valence-corrected chi connectivity index (χ4v) is 3.09. The van der Waals surface area contributed by atoms with Gasteiger partial charge in [0.1, 0.15) is 0 Å². The number of thiazole rings is 1. The predicted octanol–water partition coefficient (Wildman–Crippen LogP) is 2.26. The van der Waals surface area contributed by atoms with Gasteiger partial charge in [-0.25, -0.2) is 9.78 Å². The molecule has 3 rings (SSSR count). The second-order valence-electron chi connectivity index (χ2n) is 3.37. The Morgan fingerprint density at radius 1 is 1.39 bits per heavy atom. The van der Waals surface area contributed by atoms with E-state index in [1.165, 1.54) is 23.1 Å². The Balaban J connectivity index is 1.95. The van der Waals surface area contributed by atoms with E-state index in [4.69, 9.17) is 5.11 Å². The van der Waals surface area contributed by atoms with Crippen molar-refractivity contribution in [3.05, 3.63) is 29.4 Å². The third kappa shape index (κ3) is 1.95. The minimum Gasteiger partial charge on any atom is -0.476 e. The molecule has 0 saturated heterocycles. The lowest BCUT2D eigenvalue weighted by Crippen LogP contribution is -1.98. The van der Waals surface area contributed by atoms with E-state index in [2.05, 4.69) is 20.4 Å². The van der Waals surface area contributed by atoms with Gasteiger partial charge in [0.15, 0.2) is 5.03 Å². The van der Waals surface area contributed by atoms with Crippen LogP contribution in [-0.4, -0.2) is 31.5 Å². The molecule has 0 atom stereocenters. The molecule has 0 aliphatic rings. The first kappa shape index (κ1) is 11.2. The second-order valence-corrected chi connectivity index (χ2v) is 5.32. The standard InChI is InChI=1S/C10H6N4O2S2/c15-10(16)8-9(13-14-12-8)18-5-1-2-6-7(3-5)17-4-11-6/h1-4H,(H,15,16)(H,12,13,14). The number of aromatic amines is 1. The molecule has 2 heterocycles. The zero-order valence-corrected chi connectivity index (χ0v) is 10.5. The van der Waals surface area contributed by atoms with Crippen LogP contribution in [0.15, 0.2) is 33.6 Å². The lowest BCUT2D eigenvalue weighted by Gasteiger charge is -1.98. The first-order valence-electron chi connectivity index (χ1n) is 4.89. The number of carboxylic acids is 1. The Hall–Kier alpha value is -1.93. The lowest BCUT2D eigenvalue weighted by atomic mass is 10.3. The Labute approximate surface area is 109 Å². The fraction of sp³-hybridized carbons (Fsp3) is 0. The fourth-order valence-electron chi connectivity index (χ4n) is 1.44. The van der Waals surface area contributed by atoms with Crippen molar-refractivity contribution in [2.24, 2.45) is 0 Å². The highest BCUT2D eigenvalue weighted by Gasteiger charge is 2.16. The number of hydrogen-bond acceptors (Lipinski definition) is 6. The number of carbonyl (C=O) groups is 1. The van der Waals surface area contributed by atoms with Crippen molar-refractivity contribution in [1.82, 2.24) is 20.4 Å². The van der Waals surface area contributed by atoms with Gasteiger partial charge >= 0.3 is 5.97 Å². The van der Waals surface area contributed by atoms with E-state index in [-0.39, 0.29) is 5.69 Å². The second kappa shape index (κ2) is 4.39. The third-order valence-electron chi connectivity index (χ3n) is 2.24. The van der Waals surface area contributed by atoms with E-state index >= 15 is 0 Å². The Bertz CT molecular complexity index is 721. The maximum atomic E-state index is 10.9. The van der Waals surface area contributed by atoms with E-state index in [9.17, 15) is 4.79 Å². The van der Waals surface area contributed by atoms with Crippen LogP contribution in [-0.2, 0) is 0 Å². The minimum atomic E-state index is -1.09. The summed E-state index contributed by atoms with van der Waals surface area (Å²) in [4.78, 5) is 16.0. The number of H-pyrrole nitrogens is 1. The summed E-state index contributed by atoms with van der Waals surface area (Å²) in [7, 11) is 0. The van der Waals surface area contributed by atoms with Crippen molar-refractivity contribution in [2.75, 3.05) is 0 Å². The summed E-state index contributed by atoms with van der Waals surface area (Å²) in [6.07, 6.45) is 0. The molecule has 90 valence electrons. The molecule has 0 fully saturated rings. The molecule has 0 spiro atoms. The smallest absolute Gasteiger partial charge is 0.359 e. The zero-order chi connectivity index (χ0) is 12.5. The molecule has 0 amide bonds. The van der Waals surface area contributed by atoms with E-state index < -0.39 is 5.97 Å². The molecular formula is C10H6N4O2S2. The summed E-state index contributed by atoms with van der Waals surface area (Å²) >= 11 is 2.80. The molecule has 2 N–H and O–H groups in total. The average Bonchev–Trinajstić information content (AvgIpc) is 2.96. The number of carboxylic acid groups (broad SMARTS) is 1. The van der Waals surface area contributed by atoms with Gasteiger partial charge in [0.25, 0.3) is 0 Å². The van der Waals surface area contributed by atoms with Crippen molar-refractivity contribution in [3.8, 4) is 0 Å². The number of aromatic carboxylic acids is 1. The lowest BCUT2D eigenvalue weighted by molar-refractivity contribution is 0.0686. The van der Waals surface area contributed by atoms with Crippen molar-refractivity contribution >= 4 is 39.3 Å². The van der Waals surface area contributed by atoms with Crippen LogP contribution in [0.25, 0.3) is 10.2 Å².